The number of carbonyl (C=O) groups is 1. The molecule has 0 aliphatic carbocycles. The lowest BCUT2D eigenvalue weighted by atomic mass is 10.2. The summed E-state index contributed by atoms with van der Waals surface area (Å²) in [5.41, 5.74) is 0. The number of unbranched alkanes of at least 4 members (excludes halogenated alkanes) is 1. The highest BCUT2D eigenvalue weighted by Crippen LogP contribution is 1.94. The minimum absolute atomic E-state index is 0.264. The summed E-state index contributed by atoms with van der Waals surface area (Å²) in [4.78, 5) is 10.2. The molecule has 78 valence electrons. The van der Waals surface area contributed by atoms with Gasteiger partial charge >= 0.3 is 5.97 Å². The number of ether oxygens (including phenoxy) is 1. The Hall–Kier alpha value is -0.610. The molecule has 0 heterocycles. The first-order valence-electron chi connectivity index (χ1n) is 4.61. The zero-order chi connectivity index (χ0) is 10.1. The van der Waals surface area contributed by atoms with E-state index in [1.54, 1.807) is 7.11 Å². The molecular weight excluding hydrogens is 170 g/mol. The molecule has 0 aliphatic heterocycles. The Morgan fingerprint density at radius 2 is 2.23 bits per heavy atom. The first-order chi connectivity index (χ1) is 6.16. The fraction of sp³-hybridized carbons (Fsp3) is 0.889. The van der Waals surface area contributed by atoms with E-state index in [0.717, 1.165) is 19.4 Å². The number of hydrogen-bond donors (Lipinski definition) is 2. The van der Waals surface area contributed by atoms with Crippen LogP contribution in [0, 0.1) is 0 Å². The zero-order valence-electron chi connectivity index (χ0n) is 8.38. The van der Waals surface area contributed by atoms with E-state index in [2.05, 4.69) is 5.32 Å². The van der Waals surface area contributed by atoms with Gasteiger partial charge in [-0.1, -0.05) is 0 Å². The summed E-state index contributed by atoms with van der Waals surface area (Å²) < 4.78 is 4.94. The lowest BCUT2D eigenvalue weighted by Crippen LogP contribution is -2.30. The van der Waals surface area contributed by atoms with Crippen LogP contribution in [0.2, 0.25) is 0 Å². The molecule has 0 bridgehead atoms. The third-order valence-corrected chi connectivity index (χ3v) is 1.73. The van der Waals surface area contributed by atoms with Crippen molar-refractivity contribution >= 4 is 5.97 Å². The van der Waals surface area contributed by atoms with Gasteiger partial charge in [0.2, 0.25) is 0 Å². The molecule has 0 saturated heterocycles. The smallest absolute Gasteiger partial charge is 0.303 e. The number of carboxylic acids is 1. The summed E-state index contributed by atoms with van der Waals surface area (Å²) in [7, 11) is 1.67. The number of rotatable bonds is 8. The number of hydrogen-bond acceptors (Lipinski definition) is 3. The molecule has 13 heavy (non-hydrogen) atoms. The van der Waals surface area contributed by atoms with Crippen LogP contribution in [-0.2, 0) is 9.53 Å². The van der Waals surface area contributed by atoms with E-state index in [-0.39, 0.29) is 6.42 Å². The molecule has 1 unspecified atom stereocenters. The van der Waals surface area contributed by atoms with E-state index in [4.69, 9.17) is 9.84 Å². The van der Waals surface area contributed by atoms with Crippen LogP contribution >= 0.6 is 0 Å². The van der Waals surface area contributed by atoms with Crippen molar-refractivity contribution in [2.45, 2.75) is 32.2 Å². The molecule has 0 aromatic rings. The van der Waals surface area contributed by atoms with Crippen LogP contribution in [-0.4, -0.2) is 37.4 Å². The molecule has 2 N–H and O–H groups in total. The Bertz CT molecular complexity index is 139. The predicted octanol–water partition coefficient (Wildman–Crippen LogP) is 0.866. The summed E-state index contributed by atoms with van der Waals surface area (Å²) >= 11 is 0. The highest BCUT2D eigenvalue weighted by molar-refractivity contribution is 5.66. The number of carboxylic acid groups (broad SMARTS) is 1. The molecule has 0 saturated carbocycles. The van der Waals surface area contributed by atoms with Gasteiger partial charge in [0.05, 0.1) is 6.61 Å². The van der Waals surface area contributed by atoms with Gasteiger partial charge in [-0.2, -0.15) is 0 Å². The van der Waals surface area contributed by atoms with Crippen molar-refractivity contribution in [1.82, 2.24) is 5.32 Å². The van der Waals surface area contributed by atoms with Crippen molar-refractivity contribution in [3.05, 3.63) is 0 Å². The summed E-state index contributed by atoms with van der Waals surface area (Å²) in [6.07, 6.45) is 1.91. The molecule has 0 aromatic carbocycles. The number of aliphatic carboxylic acids is 1. The Morgan fingerprint density at radius 1 is 1.54 bits per heavy atom. The first kappa shape index (κ1) is 12.4. The van der Waals surface area contributed by atoms with E-state index in [1.165, 1.54) is 0 Å². The second-order valence-electron chi connectivity index (χ2n) is 3.16. The average Bonchev–Trinajstić information content (AvgIpc) is 2.03. The van der Waals surface area contributed by atoms with Gasteiger partial charge in [-0.3, -0.25) is 4.79 Å². The van der Waals surface area contributed by atoms with Crippen molar-refractivity contribution in [2.24, 2.45) is 0 Å². The Balaban J connectivity index is 3.11. The third-order valence-electron chi connectivity index (χ3n) is 1.73. The third kappa shape index (κ3) is 9.30. The fourth-order valence-corrected chi connectivity index (χ4v) is 1.06. The lowest BCUT2D eigenvalue weighted by Gasteiger charge is -2.11. The van der Waals surface area contributed by atoms with Crippen LogP contribution in [0.15, 0.2) is 0 Å². The average molecular weight is 189 g/mol. The van der Waals surface area contributed by atoms with Gasteiger partial charge in [-0.15, -0.1) is 0 Å². The second kappa shape index (κ2) is 8.01. The summed E-state index contributed by atoms with van der Waals surface area (Å²) in [6, 6.07) is 0.342. The second-order valence-corrected chi connectivity index (χ2v) is 3.16. The van der Waals surface area contributed by atoms with E-state index in [1.807, 2.05) is 6.92 Å². The summed E-state index contributed by atoms with van der Waals surface area (Å²) in [5, 5.41) is 11.6. The molecule has 0 aromatic heterocycles. The quantitative estimate of drug-likeness (QED) is 0.556. The molecular formula is C9H19NO3. The van der Waals surface area contributed by atoms with Gasteiger partial charge in [-0.25, -0.2) is 0 Å². The molecule has 0 fully saturated rings. The van der Waals surface area contributed by atoms with E-state index in [9.17, 15) is 4.79 Å². The van der Waals surface area contributed by atoms with Crippen molar-refractivity contribution in [3.63, 3.8) is 0 Å². The molecule has 0 amide bonds. The number of nitrogens with one attached hydrogen (secondary N) is 1. The highest BCUT2D eigenvalue weighted by atomic mass is 16.5. The van der Waals surface area contributed by atoms with Crippen molar-refractivity contribution < 1.29 is 14.6 Å². The van der Waals surface area contributed by atoms with E-state index < -0.39 is 5.97 Å². The zero-order valence-corrected chi connectivity index (χ0v) is 8.38. The number of methoxy groups -OCH3 is 1. The Labute approximate surface area is 79.3 Å². The molecule has 4 heteroatoms. The maximum Gasteiger partial charge on any atom is 0.303 e. The summed E-state index contributed by atoms with van der Waals surface area (Å²) in [6.45, 7) is 3.59. The monoisotopic (exact) mass is 189 g/mol. The van der Waals surface area contributed by atoms with Crippen LogP contribution in [0.4, 0.5) is 0 Å². The van der Waals surface area contributed by atoms with E-state index in [0.29, 0.717) is 12.6 Å². The lowest BCUT2D eigenvalue weighted by molar-refractivity contribution is -0.137. The molecule has 1 atom stereocenters. The normalized spacial score (nSPS) is 12.8. The topological polar surface area (TPSA) is 58.6 Å². The van der Waals surface area contributed by atoms with Gasteiger partial charge in [0.1, 0.15) is 0 Å². The van der Waals surface area contributed by atoms with E-state index >= 15 is 0 Å². The SMILES string of the molecule is COCC(C)NCCCCC(=O)O. The summed E-state index contributed by atoms with van der Waals surface area (Å²) in [5.74, 6) is -0.718. The van der Waals surface area contributed by atoms with Gasteiger partial charge in [0.25, 0.3) is 0 Å². The Morgan fingerprint density at radius 3 is 2.77 bits per heavy atom. The van der Waals surface area contributed by atoms with Gasteiger partial charge in [0.15, 0.2) is 0 Å². The van der Waals surface area contributed by atoms with Crippen LogP contribution < -0.4 is 5.32 Å². The standard InChI is InChI=1S/C9H19NO3/c1-8(7-13-2)10-6-4-3-5-9(11)12/h8,10H,3-7H2,1-2H3,(H,11,12). The predicted molar refractivity (Wildman–Crippen MR) is 50.8 cm³/mol. The minimum atomic E-state index is -0.718. The molecule has 4 nitrogen and oxygen atoms in total. The molecule has 0 aliphatic rings. The largest absolute Gasteiger partial charge is 0.481 e. The van der Waals surface area contributed by atoms with Gasteiger partial charge in [-0.05, 0) is 26.3 Å². The van der Waals surface area contributed by atoms with Gasteiger partial charge < -0.3 is 15.2 Å². The van der Waals surface area contributed by atoms with Crippen LogP contribution in [0.1, 0.15) is 26.2 Å². The van der Waals surface area contributed by atoms with Gasteiger partial charge in [0, 0.05) is 19.6 Å². The first-order valence-corrected chi connectivity index (χ1v) is 4.61. The Kier molecular flexibility index (Phi) is 7.63. The van der Waals surface area contributed by atoms with Crippen LogP contribution in [0.25, 0.3) is 0 Å². The minimum Gasteiger partial charge on any atom is -0.481 e. The van der Waals surface area contributed by atoms with Crippen LogP contribution in [0.5, 0.6) is 0 Å². The fourth-order valence-electron chi connectivity index (χ4n) is 1.06. The van der Waals surface area contributed by atoms with Crippen molar-refractivity contribution in [2.75, 3.05) is 20.3 Å². The van der Waals surface area contributed by atoms with Crippen LogP contribution in [0.3, 0.4) is 0 Å². The maximum absolute atomic E-state index is 10.2. The highest BCUT2D eigenvalue weighted by Gasteiger charge is 2.00. The van der Waals surface area contributed by atoms with Crippen molar-refractivity contribution in [1.29, 1.82) is 0 Å². The molecule has 0 radical (unpaired) electrons. The maximum atomic E-state index is 10.2. The molecule has 0 rings (SSSR count). The van der Waals surface area contributed by atoms with Crippen molar-refractivity contribution in [3.8, 4) is 0 Å². The molecule has 0 spiro atoms.